The van der Waals surface area contributed by atoms with Gasteiger partial charge in [-0.1, -0.05) is 0 Å². The molecule has 0 radical (unpaired) electrons. The molecule has 0 fully saturated rings. The van der Waals surface area contributed by atoms with Crippen LogP contribution in [0.2, 0.25) is 0 Å². The van der Waals surface area contributed by atoms with Gasteiger partial charge in [0.05, 0.1) is 13.2 Å². The number of aliphatic imine (C=N–C) groups is 1. The van der Waals surface area contributed by atoms with E-state index in [9.17, 15) is 0 Å². The third-order valence-electron chi connectivity index (χ3n) is 1.85. The van der Waals surface area contributed by atoms with E-state index in [1.54, 1.807) is 14.2 Å². The van der Waals surface area contributed by atoms with Crippen LogP contribution in [0.25, 0.3) is 0 Å². The number of methoxy groups -OCH3 is 2. The van der Waals surface area contributed by atoms with Crippen LogP contribution >= 0.6 is 0 Å². The molecule has 2 N–H and O–H groups in total. The fraction of sp³-hybridized carbons (Fsp3) is 0.900. The summed E-state index contributed by atoms with van der Waals surface area (Å²) in [7, 11) is 3.34. The van der Waals surface area contributed by atoms with Crippen molar-refractivity contribution < 1.29 is 9.47 Å². The average molecular weight is 217 g/mol. The van der Waals surface area contributed by atoms with Gasteiger partial charge in [0.1, 0.15) is 0 Å². The lowest BCUT2D eigenvalue weighted by Gasteiger charge is -2.23. The summed E-state index contributed by atoms with van der Waals surface area (Å²) in [6, 6.07) is 0.206. The topological polar surface area (TPSA) is 60.1 Å². The molecule has 90 valence electrons. The van der Waals surface area contributed by atoms with Gasteiger partial charge in [0.15, 0.2) is 5.96 Å². The van der Waals surface area contributed by atoms with Crippen LogP contribution in [0.3, 0.4) is 0 Å². The molecule has 0 saturated carbocycles. The number of hydrogen-bond acceptors (Lipinski definition) is 3. The molecule has 0 rings (SSSR count). The van der Waals surface area contributed by atoms with Gasteiger partial charge >= 0.3 is 0 Å². The highest BCUT2D eigenvalue weighted by Crippen LogP contribution is 1.93. The van der Waals surface area contributed by atoms with Crippen LogP contribution in [0.5, 0.6) is 0 Å². The second-order valence-electron chi connectivity index (χ2n) is 3.55. The summed E-state index contributed by atoms with van der Waals surface area (Å²) in [5.74, 6) is 0.555. The van der Waals surface area contributed by atoms with Crippen molar-refractivity contribution in [3.63, 3.8) is 0 Å². The molecule has 0 amide bonds. The third-order valence-corrected chi connectivity index (χ3v) is 1.85. The summed E-state index contributed by atoms with van der Waals surface area (Å²) in [5, 5.41) is 0. The Bertz CT molecular complexity index is 176. The molecule has 0 aromatic heterocycles. The smallest absolute Gasteiger partial charge is 0.191 e. The largest absolute Gasteiger partial charge is 0.383 e. The van der Waals surface area contributed by atoms with E-state index >= 15 is 0 Å². The van der Waals surface area contributed by atoms with Crippen LogP contribution < -0.4 is 5.73 Å². The lowest BCUT2D eigenvalue weighted by Crippen LogP contribution is -2.42. The first-order chi connectivity index (χ1) is 7.11. The quantitative estimate of drug-likeness (QED) is 0.492. The van der Waals surface area contributed by atoms with E-state index in [2.05, 4.69) is 4.99 Å². The first kappa shape index (κ1) is 14.2. The first-order valence-corrected chi connectivity index (χ1v) is 5.18. The van der Waals surface area contributed by atoms with E-state index in [4.69, 9.17) is 15.2 Å². The van der Waals surface area contributed by atoms with Gasteiger partial charge in [-0.25, -0.2) is 0 Å². The Hall–Kier alpha value is -0.810. The molecule has 0 unspecified atom stereocenters. The second kappa shape index (κ2) is 8.49. The standard InChI is InChI=1S/C10H23N3O2/c1-9(2)12-10(11)13(5-7-14-3)6-8-15-4/h9H,5-8H2,1-4H3,(H2,11,12). The number of nitrogens with zero attached hydrogens (tertiary/aromatic N) is 2. The summed E-state index contributed by atoms with van der Waals surface area (Å²) in [6.45, 7) is 6.75. The molecule has 0 bridgehead atoms. The molecule has 0 aliphatic carbocycles. The zero-order valence-electron chi connectivity index (χ0n) is 10.2. The van der Waals surface area contributed by atoms with Crippen molar-refractivity contribution in [3.8, 4) is 0 Å². The molecular weight excluding hydrogens is 194 g/mol. The van der Waals surface area contributed by atoms with Crippen molar-refractivity contribution >= 4 is 5.96 Å². The molecule has 5 nitrogen and oxygen atoms in total. The van der Waals surface area contributed by atoms with Crippen molar-refractivity contribution in [1.29, 1.82) is 0 Å². The fourth-order valence-electron chi connectivity index (χ4n) is 1.09. The number of ether oxygens (including phenoxy) is 2. The van der Waals surface area contributed by atoms with Gasteiger partial charge in [-0.05, 0) is 13.8 Å². The van der Waals surface area contributed by atoms with E-state index in [-0.39, 0.29) is 6.04 Å². The second-order valence-corrected chi connectivity index (χ2v) is 3.55. The van der Waals surface area contributed by atoms with Crippen molar-refractivity contribution in [2.75, 3.05) is 40.5 Å². The summed E-state index contributed by atoms with van der Waals surface area (Å²) in [6.07, 6.45) is 0. The van der Waals surface area contributed by atoms with Gasteiger partial charge < -0.3 is 20.1 Å². The maximum atomic E-state index is 5.87. The Morgan fingerprint density at radius 1 is 1.20 bits per heavy atom. The Labute approximate surface area is 92.2 Å². The molecule has 0 aliphatic rings. The van der Waals surface area contributed by atoms with E-state index in [0.717, 1.165) is 13.1 Å². The van der Waals surface area contributed by atoms with Crippen LogP contribution in [0.15, 0.2) is 4.99 Å². The molecule has 15 heavy (non-hydrogen) atoms. The van der Waals surface area contributed by atoms with E-state index in [0.29, 0.717) is 19.2 Å². The molecular formula is C10H23N3O2. The number of hydrogen-bond donors (Lipinski definition) is 1. The minimum Gasteiger partial charge on any atom is -0.383 e. The van der Waals surface area contributed by atoms with Crippen molar-refractivity contribution in [2.24, 2.45) is 10.7 Å². The van der Waals surface area contributed by atoms with Crippen LogP contribution in [0.1, 0.15) is 13.8 Å². The third kappa shape index (κ3) is 7.16. The van der Waals surface area contributed by atoms with Crippen molar-refractivity contribution in [2.45, 2.75) is 19.9 Å². The van der Waals surface area contributed by atoms with Gasteiger partial charge in [-0.15, -0.1) is 0 Å². The molecule has 0 heterocycles. The van der Waals surface area contributed by atoms with Gasteiger partial charge in [-0.3, -0.25) is 4.99 Å². The Morgan fingerprint density at radius 3 is 2.00 bits per heavy atom. The predicted molar refractivity (Wildman–Crippen MR) is 62.1 cm³/mol. The first-order valence-electron chi connectivity index (χ1n) is 5.18. The zero-order valence-corrected chi connectivity index (χ0v) is 10.2. The Kier molecular flexibility index (Phi) is 8.04. The Morgan fingerprint density at radius 2 is 1.67 bits per heavy atom. The van der Waals surface area contributed by atoms with E-state index in [1.807, 2.05) is 18.7 Å². The molecule has 5 heteroatoms. The minimum atomic E-state index is 0.206. The highest BCUT2D eigenvalue weighted by atomic mass is 16.5. The van der Waals surface area contributed by atoms with Gasteiger partial charge in [0, 0.05) is 33.4 Å². The zero-order chi connectivity index (χ0) is 11.7. The monoisotopic (exact) mass is 217 g/mol. The van der Waals surface area contributed by atoms with Crippen LogP contribution in [-0.2, 0) is 9.47 Å². The Balaban J connectivity index is 4.19. The molecule has 0 aromatic rings. The normalized spacial score (nSPS) is 12.2. The lowest BCUT2D eigenvalue weighted by atomic mass is 10.4. The molecule has 0 aliphatic heterocycles. The van der Waals surface area contributed by atoms with E-state index in [1.165, 1.54) is 0 Å². The van der Waals surface area contributed by atoms with Crippen molar-refractivity contribution in [3.05, 3.63) is 0 Å². The van der Waals surface area contributed by atoms with Crippen LogP contribution in [0, 0.1) is 0 Å². The van der Waals surface area contributed by atoms with Crippen LogP contribution in [0.4, 0.5) is 0 Å². The molecule has 0 atom stereocenters. The molecule has 0 saturated heterocycles. The number of rotatable bonds is 7. The maximum Gasteiger partial charge on any atom is 0.191 e. The van der Waals surface area contributed by atoms with Gasteiger partial charge in [-0.2, -0.15) is 0 Å². The SMILES string of the molecule is COCCN(CCOC)C(N)=NC(C)C. The minimum absolute atomic E-state index is 0.206. The number of guanidine groups is 1. The average Bonchev–Trinajstić information content (AvgIpc) is 2.17. The van der Waals surface area contributed by atoms with E-state index < -0.39 is 0 Å². The predicted octanol–water partition coefficient (Wildman–Crippen LogP) is 0.304. The number of nitrogens with two attached hydrogens (primary N) is 1. The van der Waals surface area contributed by atoms with Gasteiger partial charge in [0.2, 0.25) is 0 Å². The molecule has 0 spiro atoms. The summed E-state index contributed by atoms with van der Waals surface area (Å²) in [4.78, 5) is 6.26. The maximum absolute atomic E-state index is 5.87. The van der Waals surface area contributed by atoms with Gasteiger partial charge in [0.25, 0.3) is 0 Å². The fourth-order valence-corrected chi connectivity index (χ4v) is 1.09. The van der Waals surface area contributed by atoms with Crippen LogP contribution in [-0.4, -0.2) is 57.4 Å². The summed E-state index contributed by atoms with van der Waals surface area (Å²) < 4.78 is 10.0. The highest BCUT2D eigenvalue weighted by molar-refractivity contribution is 5.78. The van der Waals surface area contributed by atoms with Crippen molar-refractivity contribution in [1.82, 2.24) is 4.90 Å². The lowest BCUT2D eigenvalue weighted by molar-refractivity contribution is 0.145. The molecule has 0 aromatic carbocycles. The summed E-state index contributed by atoms with van der Waals surface area (Å²) >= 11 is 0. The summed E-state index contributed by atoms with van der Waals surface area (Å²) in [5.41, 5.74) is 5.87. The highest BCUT2D eigenvalue weighted by Gasteiger charge is 2.07.